The monoisotopic (exact) mass is 269 g/mol. The molecule has 0 aliphatic rings. The number of ether oxygens (including phenoxy) is 1. The summed E-state index contributed by atoms with van der Waals surface area (Å²) in [5, 5.41) is 1.40. The van der Waals surface area contributed by atoms with Crippen LogP contribution in [0.2, 0.25) is 0 Å². The van der Waals surface area contributed by atoms with Gasteiger partial charge < -0.3 is 4.74 Å². The van der Waals surface area contributed by atoms with Crippen molar-refractivity contribution in [2.75, 3.05) is 7.11 Å². The molecule has 0 amide bonds. The minimum absolute atomic E-state index is 0.0384. The second-order valence-corrected chi connectivity index (χ2v) is 5.01. The smallest absolute Gasteiger partial charge is 0.243 e. The Bertz CT molecular complexity index is 778. The van der Waals surface area contributed by atoms with Gasteiger partial charge in [0.25, 0.3) is 0 Å². The average molecular weight is 269 g/mol. The van der Waals surface area contributed by atoms with Crippen LogP contribution in [0, 0.1) is 0 Å². The van der Waals surface area contributed by atoms with Gasteiger partial charge in [0.15, 0.2) is 0 Å². The molecule has 1 heterocycles. The van der Waals surface area contributed by atoms with Gasteiger partial charge in [0.05, 0.1) is 18.0 Å². The zero-order valence-corrected chi connectivity index (χ0v) is 11.1. The molecule has 0 unspecified atom stereocenters. The molecule has 2 aromatic carbocycles. The van der Waals surface area contributed by atoms with Crippen molar-refractivity contribution in [2.24, 2.45) is 0 Å². The van der Waals surface area contributed by atoms with Crippen LogP contribution in [0.5, 0.6) is 5.75 Å². The van der Waals surface area contributed by atoms with Crippen molar-refractivity contribution in [3.05, 3.63) is 58.1 Å². The summed E-state index contributed by atoms with van der Waals surface area (Å²) >= 11 is 1.17. The molecule has 0 spiro atoms. The molecule has 0 aliphatic carbocycles. The largest absolute Gasteiger partial charge is 0.497 e. The van der Waals surface area contributed by atoms with Gasteiger partial charge in [0, 0.05) is 5.56 Å². The Morgan fingerprint density at radius 1 is 1.05 bits per heavy atom. The molecule has 3 rings (SSSR count). The van der Waals surface area contributed by atoms with Crippen molar-refractivity contribution < 1.29 is 4.74 Å². The number of hydrogen-bond donors (Lipinski definition) is 0. The van der Waals surface area contributed by atoms with Gasteiger partial charge in [-0.25, -0.2) is 4.98 Å². The van der Waals surface area contributed by atoms with Gasteiger partial charge in [0.1, 0.15) is 10.8 Å². The zero-order chi connectivity index (χ0) is 13.2. The Morgan fingerprint density at radius 3 is 2.53 bits per heavy atom. The topological polar surface area (TPSA) is 39.2 Å². The van der Waals surface area contributed by atoms with Crippen LogP contribution in [0.4, 0.5) is 0 Å². The van der Waals surface area contributed by atoms with Gasteiger partial charge in [-0.3, -0.25) is 4.79 Å². The Labute approximate surface area is 114 Å². The molecule has 0 saturated carbocycles. The molecule has 1 aromatic heterocycles. The molecule has 0 aliphatic heterocycles. The van der Waals surface area contributed by atoms with Crippen molar-refractivity contribution >= 4 is 22.2 Å². The predicted octanol–water partition coefficient (Wildman–Crippen LogP) is 3.33. The van der Waals surface area contributed by atoms with Crippen LogP contribution in [-0.4, -0.2) is 12.1 Å². The lowest BCUT2D eigenvalue weighted by Crippen LogP contribution is -1.98. The zero-order valence-electron chi connectivity index (χ0n) is 10.3. The fourth-order valence-electron chi connectivity index (χ4n) is 1.88. The first kappa shape index (κ1) is 11.9. The van der Waals surface area contributed by atoms with Crippen molar-refractivity contribution in [2.45, 2.75) is 0 Å². The number of nitrogens with zero attached hydrogens (tertiary/aromatic N) is 1. The summed E-state index contributed by atoms with van der Waals surface area (Å²) in [6, 6.07) is 14.9. The lowest BCUT2D eigenvalue weighted by molar-refractivity contribution is 0.415. The minimum atomic E-state index is 0.0384. The second-order valence-electron chi connectivity index (χ2n) is 4.05. The maximum absolute atomic E-state index is 12.0. The summed E-state index contributed by atoms with van der Waals surface area (Å²) in [7, 11) is 1.63. The minimum Gasteiger partial charge on any atom is -0.497 e. The maximum atomic E-state index is 12.0. The van der Waals surface area contributed by atoms with E-state index in [1.807, 2.05) is 42.5 Å². The highest BCUT2D eigenvalue weighted by atomic mass is 32.1. The number of benzene rings is 2. The number of fused-ring (bicyclic) bond motifs is 1. The summed E-state index contributed by atoms with van der Waals surface area (Å²) in [5.41, 5.74) is 1.66. The summed E-state index contributed by atoms with van der Waals surface area (Å²) in [6.07, 6.45) is 0. The Balaban J connectivity index is 2.16. The van der Waals surface area contributed by atoms with Gasteiger partial charge in [-0.15, -0.1) is 0 Å². The highest BCUT2D eigenvalue weighted by Gasteiger charge is 2.06. The van der Waals surface area contributed by atoms with E-state index >= 15 is 0 Å². The molecule has 0 radical (unpaired) electrons. The van der Waals surface area contributed by atoms with Gasteiger partial charge >= 0.3 is 0 Å². The van der Waals surface area contributed by atoms with E-state index in [0.29, 0.717) is 5.39 Å². The normalized spacial score (nSPS) is 10.6. The maximum Gasteiger partial charge on any atom is 0.243 e. The Morgan fingerprint density at radius 2 is 1.79 bits per heavy atom. The first-order valence-electron chi connectivity index (χ1n) is 5.82. The van der Waals surface area contributed by atoms with E-state index in [1.54, 1.807) is 13.2 Å². The fraction of sp³-hybridized carbons (Fsp3) is 0.0667. The standard InChI is InChI=1S/C15H11NO2S/c1-18-11-8-6-10(7-9-11)14-16-13-5-3-2-4-12(13)15(17)19-14/h2-9H,1H3. The molecule has 0 bridgehead atoms. The molecule has 0 N–H and O–H groups in total. The van der Waals surface area contributed by atoms with Crippen molar-refractivity contribution in [3.63, 3.8) is 0 Å². The van der Waals surface area contributed by atoms with Crippen molar-refractivity contribution in [1.29, 1.82) is 0 Å². The lowest BCUT2D eigenvalue weighted by Gasteiger charge is -2.03. The Kier molecular flexibility index (Phi) is 3.01. The first-order chi connectivity index (χ1) is 9.28. The third kappa shape index (κ3) is 2.22. The van der Waals surface area contributed by atoms with E-state index in [2.05, 4.69) is 4.98 Å². The van der Waals surface area contributed by atoms with Crippen LogP contribution >= 0.6 is 11.3 Å². The van der Waals surface area contributed by atoms with E-state index in [9.17, 15) is 4.79 Å². The second kappa shape index (κ2) is 4.82. The number of methoxy groups -OCH3 is 1. The molecule has 19 heavy (non-hydrogen) atoms. The van der Waals surface area contributed by atoms with E-state index < -0.39 is 0 Å². The van der Waals surface area contributed by atoms with Gasteiger partial charge in [-0.05, 0) is 36.4 Å². The molecule has 3 nitrogen and oxygen atoms in total. The van der Waals surface area contributed by atoms with E-state index in [-0.39, 0.29) is 4.74 Å². The van der Waals surface area contributed by atoms with Gasteiger partial charge in [-0.1, -0.05) is 23.5 Å². The number of para-hydroxylation sites is 1. The number of rotatable bonds is 2. The van der Waals surface area contributed by atoms with Crippen LogP contribution in [-0.2, 0) is 0 Å². The molecular formula is C15H11NO2S. The lowest BCUT2D eigenvalue weighted by atomic mass is 10.2. The highest BCUT2D eigenvalue weighted by Crippen LogP contribution is 2.24. The SMILES string of the molecule is COc1ccc(-c2nc3ccccc3c(=O)s2)cc1. The van der Waals surface area contributed by atoms with Crippen LogP contribution in [0.1, 0.15) is 0 Å². The Hall–Kier alpha value is -2.20. The predicted molar refractivity (Wildman–Crippen MR) is 77.9 cm³/mol. The molecule has 0 saturated heterocycles. The van der Waals surface area contributed by atoms with E-state index in [4.69, 9.17) is 4.74 Å². The van der Waals surface area contributed by atoms with Gasteiger partial charge in [-0.2, -0.15) is 0 Å². The van der Waals surface area contributed by atoms with Crippen LogP contribution < -0.4 is 9.48 Å². The summed E-state index contributed by atoms with van der Waals surface area (Å²) in [6.45, 7) is 0. The summed E-state index contributed by atoms with van der Waals surface area (Å²) in [5.74, 6) is 0.789. The van der Waals surface area contributed by atoms with Crippen molar-refractivity contribution in [3.8, 4) is 16.3 Å². The molecule has 3 aromatic rings. The first-order valence-corrected chi connectivity index (χ1v) is 6.64. The van der Waals surface area contributed by atoms with Crippen LogP contribution in [0.3, 0.4) is 0 Å². The third-order valence-corrected chi connectivity index (χ3v) is 3.80. The third-order valence-electron chi connectivity index (χ3n) is 2.87. The van der Waals surface area contributed by atoms with Crippen LogP contribution in [0.25, 0.3) is 21.5 Å². The van der Waals surface area contributed by atoms with Crippen LogP contribution in [0.15, 0.2) is 53.3 Å². The molecule has 0 fully saturated rings. The molecular weight excluding hydrogens is 258 g/mol. The molecule has 94 valence electrons. The van der Waals surface area contributed by atoms with E-state index in [1.165, 1.54) is 11.3 Å². The van der Waals surface area contributed by atoms with Gasteiger partial charge in [0.2, 0.25) is 4.74 Å². The number of hydrogen-bond acceptors (Lipinski definition) is 4. The van der Waals surface area contributed by atoms with E-state index in [0.717, 1.165) is 21.8 Å². The average Bonchev–Trinajstić information content (AvgIpc) is 2.47. The molecule has 0 atom stereocenters. The number of aromatic nitrogens is 1. The summed E-state index contributed by atoms with van der Waals surface area (Å²) < 4.78 is 5.16. The van der Waals surface area contributed by atoms with Crippen molar-refractivity contribution in [1.82, 2.24) is 4.98 Å². The molecule has 4 heteroatoms. The quantitative estimate of drug-likeness (QED) is 0.716. The highest BCUT2D eigenvalue weighted by molar-refractivity contribution is 7.13. The fourth-order valence-corrected chi connectivity index (χ4v) is 2.73. The summed E-state index contributed by atoms with van der Waals surface area (Å²) in [4.78, 5) is 16.6.